The van der Waals surface area contributed by atoms with Crippen molar-refractivity contribution in [1.82, 2.24) is 0 Å². The van der Waals surface area contributed by atoms with Crippen molar-refractivity contribution in [3.8, 4) is 0 Å². The second kappa shape index (κ2) is 4.62. The molecule has 1 rings (SSSR count). The fraction of sp³-hybridized carbons (Fsp3) is 0.875. The van der Waals surface area contributed by atoms with Crippen LogP contribution in [0.1, 0.15) is 6.42 Å². The van der Waals surface area contributed by atoms with E-state index in [4.69, 9.17) is 10.2 Å². The Balaban J connectivity index is 2.89. The third-order valence-corrected chi connectivity index (χ3v) is 2.45. The smallest absolute Gasteiger partial charge is 0.364 e. The van der Waals surface area contributed by atoms with Crippen LogP contribution in [0.5, 0.6) is 0 Å². The molecular weight excluding hydrogens is 224 g/mol. The molecule has 1 saturated heterocycles. The fourth-order valence-corrected chi connectivity index (χ4v) is 1.51. The van der Waals surface area contributed by atoms with E-state index < -0.39 is 49.2 Å². The summed E-state index contributed by atoms with van der Waals surface area (Å²) in [6, 6.07) is 0. The van der Waals surface area contributed by atoms with Gasteiger partial charge in [0.05, 0.1) is 12.7 Å². The van der Waals surface area contributed by atoms with E-state index in [0.717, 1.165) is 0 Å². The number of aliphatic carboxylic acids is 1. The second-order valence-electron chi connectivity index (χ2n) is 3.68. The molecule has 8 heteroatoms. The number of carbonyl (C=O) groups is 1. The first kappa shape index (κ1) is 13.3. The lowest BCUT2D eigenvalue weighted by Gasteiger charge is -2.41. The molecule has 6 N–H and O–H groups in total. The molecule has 0 aliphatic carbocycles. The quantitative estimate of drug-likeness (QED) is 0.298. The number of carboxylic acid groups (broad SMARTS) is 1. The van der Waals surface area contributed by atoms with Crippen LogP contribution in [0.3, 0.4) is 0 Å². The highest BCUT2D eigenvalue weighted by atomic mass is 16.7. The van der Waals surface area contributed by atoms with Gasteiger partial charge in [0.2, 0.25) is 0 Å². The van der Waals surface area contributed by atoms with Gasteiger partial charge in [-0.1, -0.05) is 0 Å². The lowest BCUT2D eigenvalue weighted by Crippen LogP contribution is -2.61. The zero-order chi connectivity index (χ0) is 12.5. The van der Waals surface area contributed by atoms with E-state index in [1.54, 1.807) is 0 Å². The summed E-state index contributed by atoms with van der Waals surface area (Å²) in [7, 11) is 0. The van der Waals surface area contributed by atoms with Crippen molar-refractivity contribution in [2.24, 2.45) is 0 Å². The molecule has 0 radical (unpaired) electrons. The van der Waals surface area contributed by atoms with E-state index in [-0.39, 0.29) is 0 Å². The van der Waals surface area contributed by atoms with Crippen LogP contribution in [-0.2, 0) is 9.53 Å². The van der Waals surface area contributed by atoms with E-state index >= 15 is 0 Å². The van der Waals surface area contributed by atoms with Crippen molar-refractivity contribution in [3.05, 3.63) is 0 Å². The van der Waals surface area contributed by atoms with E-state index in [9.17, 15) is 25.2 Å². The molecule has 0 aromatic rings. The first-order valence-electron chi connectivity index (χ1n) is 4.60. The van der Waals surface area contributed by atoms with Gasteiger partial charge in [-0.25, -0.2) is 4.79 Å². The number of rotatable bonds is 3. The van der Waals surface area contributed by atoms with Crippen LogP contribution < -0.4 is 0 Å². The predicted octanol–water partition coefficient (Wildman–Crippen LogP) is -3.38. The van der Waals surface area contributed by atoms with Crippen molar-refractivity contribution in [1.29, 1.82) is 0 Å². The molecule has 1 aliphatic heterocycles. The van der Waals surface area contributed by atoms with Crippen molar-refractivity contribution < 1.29 is 40.2 Å². The Kier molecular flexibility index (Phi) is 3.84. The van der Waals surface area contributed by atoms with Crippen molar-refractivity contribution in [2.75, 3.05) is 6.61 Å². The molecule has 94 valence electrons. The van der Waals surface area contributed by atoms with Crippen LogP contribution in [0.4, 0.5) is 0 Å². The van der Waals surface area contributed by atoms with Crippen molar-refractivity contribution >= 4 is 5.97 Å². The standard InChI is InChI=1S/C8H14O8/c9-2-4(11)6-5(12)3(10)1-8(15,16-6)7(13)14/h3-6,9-12,15H,1-2H2,(H,13,14)/t3-,4-,5-,6-,8?/m0/s1. The molecule has 0 saturated carbocycles. The molecule has 1 fully saturated rings. The third kappa shape index (κ3) is 2.32. The predicted molar refractivity (Wildman–Crippen MR) is 47.2 cm³/mol. The van der Waals surface area contributed by atoms with Gasteiger partial charge in [-0.15, -0.1) is 0 Å². The Morgan fingerprint density at radius 1 is 1.50 bits per heavy atom. The molecular formula is C8H14O8. The molecule has 0 bridgehead atoms. The normalized spacial score (nSPS) is 41.7. The molecule has 1 heterocycles. The minimum Gasteiger partial charge on any atom is -0.477 e. The lowest BCUT2D eigenvalue weighted by molar-refractivity contribution is -0.308. The highest BCUT2D eigenvalue weighted by Gasteiger charge is 2.52. The molecule has 5 atom stereocenters. The first-order valence-corrected chi connectivity index (χ1v) is 4.60. The van der Waals surface area contributed by atoms with Crippen LogP contribution in [0.15, 0.2) is 0 Å². The summed E-state index contributed by atoms with van der Waals surface area (Å²) in [5.41, 5.74) is 0. The van der Waals surface area contributed by atoms with Gasteiger partial charge in [0.25, 0.3) is 5.79 Å². The largest absolute Gasteiger partial charge is 0.477 e. The summed E-state index contributed by atoms with van der Waals surface area (Å²) in [6.07, 6.45) is -7.05. The van der Waals surface area contributed by atoms with Crippen LogP contribution in [0, 0.1) is 0 Å². The summed E-state index contributed by atoms with van der Waals surface area (Å²) < 4.78 is 4.61. The number of aliphatic hydroxyl groups is 5. The van der Waals surface area contributed by atoms with E-state index in [1.165, 1.54) is 0 Å². The SMILES string of the molecule is O=C(O)C1(O)C[C@H](O)[C@H](O)[C@H]([C@@H](O)CO)O1. The maximum absolute atomic E-state index is 10.7. The molecule has 8 nitrogen and oxygen atoms in total. The highest BCUT2D eigenvalue weighted by molar-refractivity contribution is 5.75. The maximum Gasteiger partial charge on any atom is 0.364 e. The topological polar surface area (TPSA) is 148 Å². The summed E-state index contributed by atoms with van der Waals surface area (Å²) in [6.45, 7) is -0.801. The molecule has 0 spiro atoms. The van der Waals surface area contributed by atoms with Gasteiger partial charge in [0, 0.05) is 6.42 Å². The molecule has 16 heavy (non-hydrogen) atoms. The minimum atomic E-state index is -2.68. The van der Waals surface area contributed by atoms with Gasteiger partial charge in [-0.05, 0) is 0 Å². The number of aliphatic hydroxyl groups excluding tert-OH is 4. The molecule has 0 amide bonds. The molecule has 0 aromatic heterocycles. The number of hydrogen-bond donors (Lipinski definition) is 6. The average molecular weight is 238 g/mol. The van der Waals surface area contributed by atoms with Crippen LogP contribution in [0.25, 0.3) is 0 Å². The second-order valence-corrected chi connectivity index (χ2v) is 3.68. The van der Waals surface area contributed by atoms with Crippen molar-refractivity contribution in [3.63, 3.8) is 0 Å². The van der Waals surface area contributed by atoms with Gasteiger partial charge in [0.15, 0.2) is 0 Å². The summed E-state index contributed by atoms with van der Waals surface area (Å²) >= 11 is 0. The zero-order valence-corrected chi connectivity index (χ0v) is 8.22. The van der Waals surface area contributed by atoms with Crippen LogP contribution >= 0.6 is 0 Å². The Hall–Kier alpha value is -0.770. The average Bonchev–Trinajstić information content (AvgIpc) is 2.22. The Morgan fingerprint density at radius 3 is 2.50 bits per heavy atom. The van der Waals surface area contributed by atoms with Crippen LogP contribution in [-0.4, -0.2) is 73.4 Å². The Bertz CT molecular complexity index is 269. The van der Waals surface area contributed by atoms with E-state index in [0.29, 0.717) is 0 Å². The monoisotopic (exact) mass is 238 g/mol. The number of ether oxygens (including phenoxy) is 1. The third-order valence-electron chi connectivity index (χ3n) is 2.45. The Labute approximate surface area is 90.3 Å². The van der Waals surface area contributed by atoms with Gasteiger partial charge < -0.3 is 35.4 Å². The first-order chi connectivity index (χ1) is 7.31. The molecule has 1 aliphatic rings. The highest BCUT2D eigenvalue weighted by Crippen LogP contribution is 2.29. The van der Waals surface area contributed by atoms with Gasteiger partial charge >= 0.3 is 5.97 Å². The Morgan fingerprint density at radius 2 is 2.06 bits per heavy atom. The number of hydrogen-bond acceptors (Lipinski definition) is 7. The van der Waals surface area contributed by atoms with Crippen LogP contribution in [0.2, 0.25) is 0 Å². The fourth-order valence-electron chi connectivity index (χ4n) is 1.51. The maximum atomic E-state index is 10.7. The number of carboxylic acids is 1. The van der Waals surface area contributed by atoms with Gasteiger partial charge in [-0.2, -0.15) is 0 Å². The summed E-state index contributed by atoms with van der Waals surface area (Å²) in [4.78, 5) is 10.7. The summed E-state index contributed by atoms with van der Waals surface area (Å²) in [5.74, 6) is -4.42. The lowest BCUT2D eigenvalue weighted by atomic mass is 9.93. The van der Waals surface area contributed by atoms with Gasteiger partial charge in [-0.3, -0.25) is 0 Å². The van der Waals surface area contributed by atoms with Gasteiger partial charge in [0.1, 0.15) is 18.3 Å². The summed E-state index contributed by atoms with van der Waals surface area (Å²) in [5, 5.41) is 54.7. The minimum absolute atomic E-state index is 0.724. The molecule has 1 unspecified atom stereocenters. The molecule has 0 aromatic carbocycles. The van der Waals surface area contributed by atoms with E-state index in [2.05, 4.69) is 4.74 Å². The van der Waals surface area contributed by atoms with E-state index in [1.807, 2.05) is 0 Å². The zero-order valence-electron chi connectivity index (χ0n) is 8.22. The van der Waals surface area contributed by atoms with Crippen molar-refractivity contribution in [2.45, 2.75) is 36.6 Å².